The lowest BCUT2D eigenvalue weighted by Gasteiger charge is -2.22. The van der Waals surface area contributed by atoms with Crippen molar-refractivity contribution >= 4 is 28.2 Å². The molecule has 1 atom stereocenters. The summed E-state index contributed by atoms with van der Waals surface area (Å²) in [6, 6.07) is 7.50. The number of anilines is 1. The zero-order valence-electron chi connectivity index (χ0n) is 11.1. The summed E-state index contributed by atoms with van der Waals surface area (Å²) in [7, 11) is 0. The number of aryl methyl sites for hydroxylation is 1. The zero-order valence-corrected chi connectivity index (χ0v) is 11.9. The van der Waals surface area contributed by atoms with Crippen molar-refractivity contribution in [3.8, 4) is 0 Å². The number of rotatable bonds is 2. The minimum atomic E-state index is -0.304. The molecule has 5 heteroatoms. The molecule has 20 heavy (non-hydrogen) atoms. The highest BCUT2D eigenvalue weighted by Crippen LogP contribution is 2.26. The number of carbonyl (C=O) groups is 2. The number of aromatic nitrogens is 1. The highest BCUT2D eigenvalue weighted by Gasteiger charge is 2.29. The van der Waals surface area contributed by atoms with Gasteiger partial charge < -0.3 is 5.32 Å². The highest BCUT2D eigenvalue weighted by molar-refractivity contribution is 7.13. The van der Waals surface area contributed by atoms with E-state index in [1.807, 2.05) is 36.6 Å². The molecule has 1 N–H and O–H groups in total. The van der Waals surface area contributed by atoms with Gasteiger partial charge in [0, 0.05) is 23.3 Å². The number of carbonyl (C=O) groups excluding carboxylic acids is 2. The Morgan fingerprint density at radius 3 is 2.90 bits per heavy atom. The van der Waals surface area contributed by atoms with Crippen LogP contribution in [-0.4, -0.2) is 16.7 Å². The third-order valence-corrected chi connectivity index (χ3v) is 4.31. The van der Waals surface area contributed by atoms with Crippen molar-refractivity contribution in [3.63, 3.8) is 0 Å². The SMILES string of the molecule is Cc1csc(NC(=O)C2CC(=O)c3ccccc3C2)n1. The van der Waals surface area contributed by atoms with Gasteiger partial charge in [-0.1, -0.05) is 24.3 Å². The average molecular weight is 286 g/mol. The van der Waals surface area contributed by atoms with Gasteiger partial charge in [0.15, 0.2) is 10.9 Å². The van der Waals surface area contributed by atoms with Gasteiger partial charge in [-0.25, -0.2) is 4.98 Å². The van der Waals surface area contributed by atoms with Gasteiger partial charge in [-0.3, -0.25) is 9.59 Å². The topological polar surface area (TPSA) is 59.1 Å². The lowest BCUT2D eigenvalue weighted by Crippen LogP contribution is -2.30. The molecule has 1 unspecified atom stereocenters. The minimum absolute atomic E-state index is 0.0438. The van der Waals surface area contributed by atoms with Crippen molar-refractivity contribution in [3.05, 3.63) is 46.5 Å². The monoisotopic (exact) mass is 286 g/mol. The van der Waals surface area contributed by atoms with Gasteiger partial charge in [0.05, 0.1) is 5.69 Å². The fourth-order valence-electron chi connectivity index (χ4n) is 2.45. The van der Waals surface area contributed by atoms with Crippen molar-refractivity contribution in [1.29, 1.82) is 0 Å². The first kappa shape index (κ1) is 13.0. The molecule has 4 nitrogen and oxygen atoms in total. The molecule has 0 radical (unpaired) electrons. The summed E-state index contributed by atoms with van der Waals surface area (Å²) in [5.41, 5.74) is 2.59. The van der Waals surface area contributed by atoms with E-state index < -0.39 is 0 Å². The highest BCUT2D eigenvalue weighted by atomic mass is 32.1. The van der Waals surface area contributed by atoms with Crippen LogP contribution in [0.15, 0.2) is 29.6 Å². The number of nitrogens with zero attached hydrogens (tertiary/aromatic N) is 1. The largest absolute Gasteiger partial charge is 0.302 e. The van der Waals surface area contributed by atoms with Crippen LogP contribution in [0, 0.1) is 12.8 Å². The van der Waals surface area contributed by atoms with Crippen molar-refractivity contribution in [2.75, 3.05) is 5.32 Å². The fourth-order valence-corrected chi connectivity index (χ4v) is 3.14. The molecule has 1 heterocycles. The average Bonchev–Trinajstić information content (AvgIpc) is 2.84. The van der Waals surface area contributed by atoms with Crippen molar-refractivity contribution in [2.45, 2.75) is 19.8 Å². The molecular formula is C15H14N2O2S. The normalized spacial score (nSPS) is 17.6. The number of fused-ring (bicyclic) bond motifs is 1. The van der Waals surface area contributed by atoms with E-state index in [9.17, 15) is 9.59 Å². The molecule has 1 amide bonds. The second-order valence-corrected chi connectivity index (χ2v) is 5.83. The van der Waals surface area contributed by atoms with Gasteiger partial charge in [0.25, 0.3) is 0 Å². The van der Waals surface area contributed by atoms with E-state index in [0.717, 1.165) is 16.8 Å². The predicted octanol–water partition coefficient (Wildman–Crippen LogP) is 2.84. The van der Waals surface area contributed by atoms with Crippen LogP contribution in [0.2, 0.25) is 0 Å². The summed E-state index contributed by atoms with van der Waals surface area (Å²) in [6.45, 7) is 1.88. The first-order chi connectivity index (χ1) is 9.63. The van der Waals surface area contributed by atoms with Crippen LogP contribution in [0.1, 0.15) is 28.0 Å². The van der Waals surface area contributed by atoms with E-state index in [0.29, 0.717) is 11.6 Å². The van der Waals surface area contributed by atoms with Gasteiger partial charge >= 0.3 is 0 Å². The van der Waals surface area contributed by atoms with Crippen LogP contribution in [0.5, 0.6) is 0 Å². The molecule has 1 aromatic heterocycles. The van der Waals surface area contributed by atoms with Gasteiger partial charge in [-0.05, 0) is 18.9 Å². The Labute approximate surface area is 120 Å². The Morgan fingerprint density at radius 2 is 2.15 bits per heavy atom. The number of amides is 1. The van der Waals surface area contributed by atoms with E-state index in [-0.39, 0.29) is 24.0 Å². The predicted molar refractivity (Wildman–Crippen MR) is 78.1 cm³/mol. The fraction of sp³-hybridized carbons (Fsp3) is 0.267. The summed E-state index contributed by atoms with van der Waals surface area (Å²) < 4.78 is 0. The summed E-state index contributed by atoms with van der Waals surface area (Å²) in [6.07, 6.45) is 0.880. The first-order valence-corrected chi connectivity index (χ1v) is 7.35. The molecule has 3 rings (SSSR count). The number of ketones is 1. The molecule has 0 fully saturated rings. The Kier molecular flexibility index (Phi) is 3.36. The first-order valence-electron chi connectivity index (χ1n) is 6.47. The molecule has 1 aliphatic carbocycles. The second kappa shape index (κ2) is 5.17. The Morgan fingerprint density at radius 1 is 1.35 bits per heavy atom. The van der Waals surface area contributed by atoms with Crippen LogP contribution in [0.3, 0.4) is 0 Å². The molecular weight excluding hydrogens is 272 g/mol. The van der Waals surface area contributed by atoms with E-state index in [1.165, 1.54) is 11.3 Å². The van der Waals surface area contributed by atoms with Gasteiger partial charge in [0.2, 0.25) is 5.91 Å². The van der Waals surface area contributed by atoms with Crippen LogP contribution < -0.4 is 5.32 Å². The maximum Gasteiger partial charge on any atom is 0.230 e. The van der Waals surface area contributed by atoms with Crippen LogP contribution in [0.25, 0.3) is 0 Å². The molecule has 0 spiro atoms. The number of benzene rings is 1. The Balaban J connectivity index is 1.76. The summed E-state index contributed by atoms with van der Waals surface area (Å²) >= 11 is 1.40. The van der Waals surface area contributed by atoms with Gasteiger partial charge in [-0.15, -0.1) is 11.3 Å². The van der Waals surface area contributed by atoms with E-state index in [1.54, 1.807) is 0 Å². The lowest BCUT2D eigenvalue weighted by molar-refractivity contribution is -0.119. The van der Waals surface area contributed by atoms with Gasteiger partial charge in [-0.2, -0.15) is 0 Å². The number of hydrogen-bond donors (Lipinski definition) is 1. The Bertz CT molecular complexity index is 678. The molecule has 1 aromatic carbocycles. The number of Topliss-reactive ketones (excluding diaryl/α,β-unsaturated/α-hetero) is 1. The van der Waals surface area contributed by atoms with Crippen molar-refractivity contribution < 1.29 is 9.59 Å². The molecule has 0 bridgehead atoms. The van der Waals surface area contributed by atoms with Crippen LogP contribution in [0.4, 0.5) is 5.13 Å². The molecule has 2 aromatic rings. The minimum Gasteiger partial charge on any atom is -0.302 e. The maximum atomic E-state index is 12.2. The smallest absolute Gasteiger partial charge is 0.230 e. The quantitative estimate of drug-likeness (QED) is 0.923. The summed E-state index contributed by atoms with van der Waals surface area (Å²) in [4.78, 5) is 28.5. The van der Waals surface area contributed by atoms with E-state index >= 15 is 0 Å². The molecule has 0 saturated heterocycles. The van der Waals surface area contributed by atoms with Crippen LogP contribution in [-0.2, 0) is 11.2 Å². The van der Waals surface area contributed by atoms with E-state index in [2.05, 4.69) is 10.3 Å². The van der Waals surface area contributed by atoms with Gasteiger partial charge in [0.1, 0.15) is 0 Å². The van der Waals surface area contributed by atoms with Crippen LogP contribution >= 0.6 is 11.3 Å². The molecule has 0 saturated carbocycles. The third kappa shape index (κ3) is 2.49. The second-order valence-electron chi connectivity index (χ2n) is 4.97. The Hall–Kier alpha value is -2.01. The maximum absolute atomic E-state index is 12.2. The van der Waals surface area contributed by atoms with E-state index in [4.69, 9.17) is 0 Å². The number of hydrogen-bond acceptors (Lipinski definition) is 4. The number of thiazole rings is 1. The molecule has 1 aliphatic rings. The van der Waals surface area contributed by atoms with Crippen molar-refractivity contribution in [1.82, 2.24) is 4.98 Å². The standard InChI is InChI=1S/C15H14N2O2S/c1-9-8-20-15(16-9)17-14(19)11-6-10-4-2-3-5-12(10)13(18)7-11/h2-5,8,11H,6-7H2,1H3,(H,16,17,19). The molecule has 0 aliphatic heterocycles. The zero-order chi connectivity index (χ0) is 14.1. The molecule has 102 valence electrons. The summed E-state index contributed by atoms with van der Waals surface area (Å²) in [5.74, 6) is -0.383. The summed E-state index contributed by atoms with van der Waals surface area (Å²) in [5, 5.41) is 5.28. The van der Waals surface area contributed by atoms with Crippen molar-refractivity contribution in [2.24, 2.45) is 5.92 Å². The number of nitrogens with one attached hydrogen (secondary N) is 1. The lowest BCUT2D eigenvalue weighted by atomic mass is 9.82. The third-order valence-electron chi connectivity index (χ3n) is 3.44.